The summed E-state index contributed by atoms with van der Waals surface area (Å²) in [7, 11) is 0. The zero-order valence-electron chi connectivity index (χ0n) is 31.0. The molecule has 0 saturated heterocycles. The van der Waals surface area contributed by atoms with Gasteiger partial charge in [-0.25, -0.2) is 0 Å². The SMILES string of the molecule is c1ccc(-c2ccc(-c3ccc(N(c4ccc(-c5ccc6c(c5)oc5ccccc56)cc4)c4cccc5c4oc4c(-c6ccccc6)cccc45)cc3)cc2)cc1. The van der Waals surface area contributed by atoms with E-state index in [2.05, 4.69) is 199 Å². The van der Waals surface area contributed by atoms with Crippen molar-refractivity contribution in [1.29, 1.82) is 0 Å². The van der Waals surface area contributed by atoms with E-state index in [-0.39, 0.29) is 0 Å². The Morgan fingerprint density at radius 3 is 1.42 bits per heavy atom. The first kappa shape index (κ1) is 32.8. The number of rotatable bonds is 7. The van der Waals surface area contributed by atoms with E-state index in [0.717, 1.165) is 88.8 Å². The second kappa shape index (κ2) is 13.6. The lowest BCUT2D eigenvalue weighted by Crippen LogP contribution is -2.10. The Hall–Kier alpha value is -7.62. The van der Waals surface area contributed by atoms with Gasteiger partial charge in [0.2, 0.25) is 0 Å². The Kier molecular flexibility index (Phi) is 7.82. The van der Waals surface area contributed by atoms with Gasteiger partial charge in [-0.1, -0.05) is 164 Å². The molecule has 3 heteroatoms. The summed E-state index contributed by atoms with van der Waals surface area (Å²) in [4.78, 5) is 2.31. The summed E-state index contributed by atoms with van der Waals surface area (Å²) < 4.78 is 13.2. The molecule has 0 atom stereocenters. The molecule has 2 heterocycles. The van der Waals surface area contributed by atoms with Crippen molar-refractivity contribution in [2.75, 3.05) is 4.90 Å². The average Bonchev–Trinajstić information content (AvgIpc) is 3.86. The Bertz CT molecular complexity index is 3200. The maximum Gasteiger partial charge on any atom is 0.159 e. The molecule has 0 radical (unpaired) electrons. The molecule has 9 aromatic carbocycles. The van der Waals surface area contributed by atoms with E-state index in [1.807, 2.05) is 18.2 Å². The summed E-state index contributed by atoms with van der Waals surface area (Å²) in [6.07, 6.45) is 0. The van der Waals surface area contributed by atoms with E-state index in [0.29, 0.717) is 0 Å². The molecule has 3 nitrogen and oxygen atoms in total. The first-order valence-corrected chi connectivity index (χ1v) is 19.3. The minimum absolute atomic E-state index is 0.843. The number of anilines is 3. The highest BCUT2D eigenvalue weighted by atomic mass is 16.3. The predicted octanol–water partition coefficient (Wildman–Crippen LogP) is 15.6. The number of furan rings is 2. The lowest BCUT2D eigenvalue weighted by molar-refractivity contribution is 0.669. The Morgan fingerprint density at radius 2 is 0.754 bits per heavy atom. The van der Waals surface area contributed by atoms with Gasteiger partial charge >= 0.3 is 0 Å². The van der Waals surface area contributed by atoms with Crippen LogP contribution in [0.4, 0.5) is 17.1 Å². The van der Waals surface area contributed by atoms with E-state index >= 15 is 0 Å². The number of hydrogen-bond acceptors (Lipinski definition) is 3. The zero-order chi connectivity index (χ0) is 37.7. The van der Waals surface area contributed by atoms with Crippen LogP contribution in [-0.2, 0) is 0 Å². The van der Waals surface area contributed by atoms with Crippen LogP contribution < -0.4 is 4.90 Å². The third-order valence-electron chi connectivity index (χ3n) is 11.1. The molecule has 11 rings (SSSR count). The number of benzene rings is 9. The molecular weight excluding hydrogens is 695 g/mol. The molecule has 0 fully saturated rings. The van der Waals surface area contributed by atoms with Crippen LogP contribution in [0.15, 0.2) is 221 Å². The van der Waals surface area contributed by atoms with Gasteiger partial charge in [0.05, 0.1) is 5.69 Å². The highest BCUT2D eigenvalue weighted by molar-refractivity contribution is 6.13. The monoisotopic (exact) mass is 729 g/mol. The standard InChI is InChI=1S/C54H35NO2/c1-3-11-36(12-4-1)37-21-23-38(24-22-37)39-25-30-43(31-26-39)55(44-32-27-40(28-33-44)42-29-34-47-46-15-7-8-20-51(46)56-52(47)35-42)50-19-10-18-49-48-17-9-16-45(53(48)57-54(49)50)41-13-5-2-6-14-41/h1-35H. The Balaban J connectivity index is 1.02. The van der Waals surface area contributed by atoms with Crippen molar-refractivity contribution in [3.8, 4) is 44.5 Å². The summed E-state index contributed by atoms with van der Waals surface area (Å²) in [6, 6.07) is 75.0. The molecular formula is C54H35NO2. The maximum atomic E-state index is 6.94. The molecule has 57 heavy (non-hydrogen) atoms. The van der Waals surface area contributed by atoms with Gasteiger partial charge in [-0.2, -0.15) is 0 Å². The normalized spacial score (nSPS) is 11.5. The molecule has 2 aromatic heterocycles. The molecule has 0 aliphatic heterocycles. The van der Waals surface area contributed by atoms with Crippen LogP contribution >= 0.6 is 0 Å². The van der Waals surface area contributed by atoms with Crippen LogP contribution in [0.25, 0.3) is 88.4 Å². The second-order valence-corrected chi connectivity index (χ2v) is 14.5. The zero-order valence-corrected chi connectivity index (χ0v) is 31.0. The Morgan fingerprint density at radius 1 is 0.281 bits per heavy atom. The van der Waals surface area contributed by atoms with E-state index in [4.69, 9.17) is 8.83 Å². The van der Waals surface area contributed by atoms with Gasteiger partial charge in [0, 0.05) is 38.5 Å². The van der Waals surface area contributed by atoms with Gasteiger partial charge in [0.1, 0.15) is 16.7 Å². The second-order valence-electron chi connectivity index (χ2n) is 14.5. The predicted molar refractivity (Wildman–Crippen MR) is 237 cm³/mol. The van der Waals surface area contributed by atoms with Crippen LogP contribution in [0, 0.1) is 0 Å². The molecule has 11 aromatic rings. The summed E-state index contributed by atoms with van der Waals surface area (Å²) in [5.41, 5.74) is 15.7. The van der Waals surface area contributed by atoms with Gasteiger partial charge < -0.3 is 13.7 Å². The molecule has 0 aliphatic rings. The Labute approximate surface area is 330 Å². The van der Waals surface area contributed by atoms with Crippen LogP contribution in [0.5, 0.6) is 0 Å². The van der Waals surface area contributed by atoms with Crippen molar-refractivity contribution in [2.45, 2.75) is 0 Å². The van der Waals surface area contributed by atoms with Crippen molar-refractivity contribution in [1.82, 2.24) is 0 Å². The quantitative estimate of drug-likeness (QED) is 0.164. The van der Waals surface area contributed by atoms with Gasteiger partial charge in [0.25, 0.3) is 0 Å². The summed E-state index contributed by atoms with van der Waals surface area (Å²) >= 11 is 0. The van der Waals surface area contributed by atoms with Gasteiger partial charge in [-0.05, 0) is 87.5 Å². The van der Waals surface area contributed by atoms with Crippen molar-refractivity contribution < 1.29 is 8.83 Å². The number of nitrogens with zero attached hydrogens (tertiary/aromatic N) is 1. The number of fused-ring (bicyclic) bond motifs is 6. The van der Waals surface area contributed by atoms with Crippen LogP contribution in [0.3, 0.4) is 0 Å². The lowest BCUT2D eigenvalue weighted by Gasteiger charge is -2.26. The molecule has 0 spiro atoms. The largest absolute Gasteiger partial charge is 0.456 e. The van der Waals surface area contributed by atoms with E-state index in [1.165, 1.54) is 16.7 Å². The summed E-state index contributed by atoms with van der Waals surface area (Å²) in [6.45, 7) is 0. The fourth-order valence-corrected chi connectivity index (χ4v) is 8.25. The number of hydrogen-bond donors (Lipinski definition) is 0. The van der Waals surface area contributed by atoms with E-state index in [1.54, 1.807) is 0 Å². The minimum atomic E-state index is 0.843. The third kappa shape index (κ3) is 5.76. The molecule has 0 aliphatic carbocycles. The summed E-state index contributed by atoms with van der Waals surface area (Å²) in [5, 5.41) is 4.44. The van der Waals surface area contributed by atoms with Crippen LogP contribution in [0.2, 0.25) is 0 Å². The molecule has 0 saturated carbocycles. The lowest BCUT2D eigenvalue weighted by atomic mass is 10.00. The molecule has 268 valence electrons. The van der Waals surface area contributed by atoms with Crippen LogP contribution in [0.1, 0.15) is 0 Å². The third-order valence-corrected chi connectivity index (χ3v) is 11.1. The first-order valence-electron chi connectivity index (χ1n) is 19.3. The smallest absolute Gasteiger partial charge is 0.159 e. The van der Waals surface area contributed by atoms with Gasteiger partial charge in [-0.3, -0.25) is 0 Å². The fraction of sp³-hybridized carbons (Fsp3) is 0. The molecule has 0 N–H and O–H groups in total. The summed E-state index contributed by atoms with van der Waals surface area (Å²) in [5.74, 6) is 0. The van der Waals surface area contributed by atoms with Gasteiger partial charge in [0.15, 0.2) is 5.58 Å². The van der Waals surface area contributed by atoms with Crippen molar-refractivity contribution in [2.24, 2.45) is 0 Å². The van der Waals surface area contributed by atoms with Gasteiger partial charge in [-0.15, -0.1) is 0 Å². The first-order chi connectivity index (χ1) is 28.2. The fourth-order valence-electron chi connectivity index (χ4n) is 8.25. The van der Waals surface area contributed by atoms with Crippen molar-refractivity contribution in [3.05, 3.63) is 212 Å². The van der Waals surface area contributed by atoms with Crippen molar-refractivity contribution >= 4 is 60.9 Å². The number of para-hydroxylation sites is 3. The molecule has 0 unspecified atom stereocenters. The highest BCUT2D eigenvalue weighted by Gasteiger charge is 2.21. The average molecular weight is 730 g/mol. The van der Waals surface area contributed by atoms with Crippen LogP contribution in [-0.4, -0.2) is 0 Å². The van der Waals surface area contributed by atoms with Crippen molar-refractivity contribution in [3.63, 3.8) is 0 Å². The topological polar surface area (TPSA) is 29.5 Å². The molecule has 0 amide bonds. The van der Waals surface area contributed by atoms with E-state index in [9.17, 15) is 0 Å². The minimum Gasteiger partial charge on any atom is -0.456 e. The highest BCUT2D eigenvalue weighted by Crippen LogP contribution is 2.45. The van der Waals surface area contributed by atoms with E-state index < -0.39 is 0 Å². The maximum absolute atomic E-state index is 6.94. The molecule has 0 bridgehead atoms.